The molecule has 8 heteroatoms. The zero-order valence-electron chi connectivity index (χ0n) is 24.2. The second-order valence-corrected chi connectivity index (χ2v) is 13.1. The Bertz CT molecular complexity index is 1760. The summed E-state index contributed by atoms with van der Waals surface area (Å²) < 4.78 is 93.0. The number of rotatable bonds is 2. The monoisotopic (exact) mass is 624 g/mol. The van der Waals surface area contributed by atoms with Crippen molar-refractivity contribution >= 4 is 33.8 Å². The molecule has 2 heterocycles. The summed E-state index contributed by atoms with van der Waals surface area (Å²) in [4.78, 5) is 1.10. The number of thiophene rings is 2. The van der Waals surface area contributed by atoms with Gasteiger partial charge in [0, 0.05) is 43.2 Å². The van der Waals surface area contributed by atoms with Crippen LogP contribution in [0.3, 0.4) is 0 Å². The van der Waals surface area contributed by atoms with Crippen LogP contribution in [-0.2, 0) is 0 Å². The Morgan fingerprint density at radius 2 is 0.814 bits per heavy atom. The number of hydrogen-bond acceptors (Lipinski definition) is 2. The van der Waals surface area contributed by atoms with E-state index in [1.54, 1.807) is 24.3 Å². The standard InChI is InChI=1S/C35H26F6S2/c1-19-7-11-25(12-8-19)15-17-27-21(3)29(23(5)42-27)31-32(34(38,39)35(40,41)33(31,36)37)30-22(4)28(43-24(30)6)18-16-26-13-9-20(2)10-14-26/h7-14H,1-6H3. The zero-order valence-corrected chi connectivity index (χ0v) is 25.8. The number of hydrogen-bond donors (Lipinski definition) is 0. The molecule has 0 aliphatic heterocycles. The lowest BCUT2D eigenvalue weighted by Gasteiger charge is -2.26. The van der Waals surface area contributed by atoms with Crippen molar-refractivity contribution in [3.05, 3.63) is 113 Å². The highest BCUT2D eigenvalue weighted by molar-refractivity contribution is 7.13. The quantitative estimate of drug-likeness (QED) is 0.154. The maximum atomic E-state index is 15.7. The van der Waals surface area contributed by atoms with E-state index in [1.807, 2.05) is 38.1 Å². The molecule has 0 N–H and O–H groups in total. The van der Waals surface area contributed by atoms with Gasteiger partial charge in [0.05, 0.1) is 9.75 Å². The molecule has 1 aliphatic rings. The van der Waals surface area contributed by atoms with Gasteiger partial charge in [0.15, 0.2) is 0 Å². The number of benzene rings is 2. The Balaban J connectivity index is 1.72. The van der Waals surface area contributed by atoms with Crippen LogP contribution in [0.4, 0.5) is 26.3 Å². The van der Waals surface area contributed by atoms with E-state index in [4.69, 9.17) is 0 Å². The van der Waals surface area contributed by atoms with Crippen molar-refractivity contribution < 1.29 is 26.3 Å². The SMILES string of the molecule is Cc1ccc(C#Cc2sc(C)c(C3=C(c4c(C)sc(C#Cc5ccc(C)cc5)c4C)C(F)(F)C(F)(F)C3(F)F)c2C)cc1. The van der Waals surface area contributed by atoms with E-state index in [2.05, 4.69) is 23.7 Å². The van der Waals surface area contributed by atoms with Gasteiger partial charge in [0.2, 0.25) is 0 Å². The fourth-order valence-electron chi connectivity index (χ4n) is 5.20. The Morgan fingerprint density at radius 3 is 1.14 bits per heavy atom. The van der Waals surface area contributed by atoms with Crippen LogP contribution in [0.5, 0.6) is 0 Å². The van der Waals surface area contributed by atoms with Crippen LogP contribution in [0.2, 0.25) is 0 Å². The molecule has 1 aliphatic carbocycles. The van der Waals surface area contributed by atoms with Crippen LogP contribution in [-0.4, -0.2) is 17.8 Å². The normalized spacial score (nSPS) is 16.5. The number of alkyl halides is 6. The maximum absolute atomic E-state index is 15.7. The van der Waals surface area contributed by atoms with Gasteiger partial charge in [-0.2, -0.15) is 26.3 Å². The lowest BCUT2D eigenvalue weighted by Crippen LogP contribution is -2.49. The maximum Gasteiger partial charge on any atom is 0.380 e. The number of aryl methyl sites for hydroxylation is 4. The minimum Gasteiger partial charge on any atom is -0.194 e. The number of halogens is 6. The fourth-order valence-corrected chi connectivity index (χ4v) is 7.24. The Kier molecular flexibility index (Phi) is 7.70. The summed E-state index contributed by atoms with van der Waals surface area (Å²) in [6.45, 7) is 9.69. The van der Waals surface area contributed by atoms with Crippen molar-refractivity contribution in [1.82, 2.24) is 0 Å². The van der Waals surface area contributed by atoms with E-state index >= 15 is 26.3 Å². The van der Waals surface area contributed by atoms with Gasteiger partial charge in [-0.3, -0.25) is 0 Å². The molecule has 0 amide bonds. The summed E-state index contributed by atoms with van der Waals surface area (Å²) in [6.07, 6.45) is 0. The molecule has 0 fully saturated rings. The summed E-state index contributed by atoms with van der Waals surface area (Å²) in [5.74, 6) is -4.16. The van der Waals surface area contributed by atoms with Crippen LogP contribution in [0.1, 0.15) is 64.0 Å². The average Bonchev–Trinajstić information content (AvgIpc) is 3.41. The van der Waals surface area contributed by atoms with Crippen LogP contribution < -0.4 is 0 Å². The van der Waals surface area contributed by atoms with Crippen molar-refractivity contribution in [1.29, 1.82) is 0 Å². The van der Waals surface area contributed by atoms with Gasteiger partial charge in [0.25, 0.3) is 0 Å². The molecule has 0 saturated carbocycles. The predicted molar refractivity (Wildman–Crippen MR) is 164 cm³/mol. The molecule has 43 heavy (non-hydrogen) atoms. The second-order valence-electron chi connectivity index (χ2n) is 10.7. The van der Waals surface area contributed by atoms with Crippen molar-refractivity contribution in [3.63, 3.8) is 0 Å². The van der Waals surface area contributed by atoms with E-state index in [0.29, 0.717) is 20.9 Å². The highest BCUT2D eigenvalue weighted by Crippen LogP contribution is 2.66. The Morgan fingerprint density at radius 1 is 0.488 bits per heavy atom. The molecule has 0 atom stereocenters. The molecule has 220 valence electrons. The van der Waals surface area contributed by atoms with E-state index in [0.717, 1.165) is 33.8 Å². The first-order chi connectivity index (χ1) is 20.1. The van der Waals surface area contributed by atoms with Crippen molar-refractivity contribution in [2.24, 2.45) is 0 Å². The average molecular weight is 625 g/mol. The molecule has 2 aromatic heterocycles. The molecule has 0 bridgehead atoms. The predicted octanol–water partition coefficient (Wildman–Crippen LogP) is 10.3. The molecular weight excluding hydrogens is 599 g/mol. The van der Waals surface area contributed by atoms with Crippen molar-refractivity contribution in [2.75, 3.05) is 0 Å². The van der Waals surface area contributed by atoms with Crippen LogP contribution in [0.25, 0.3) is 11.1 Å². The molecule has 4 aromatic rings. The molecule has 0 radical (unpaired) electrons. The molecular formula is C35H26F6S2. The van der Waals surface area contributed by atoms with E-state index in [-0.39, 0.29) is 32.0 Å². The minimum absolute atomic E-state index is 0.160. The topological polar surface area (TPSA) is 0 Å². The molecule has 0 spiro atoms. The lowest BCUT2D eigenvalue weighted by molar-refractivity contribution is -0.254. The summed E-state index contributed by atoms with van der Waals surface area (Å²) in [5.41, 5.74) is 0.405. The van der Waals surface area contributed by atoms with Gasteiger partial charge in [0.1, 0.15) is 0 Å². The van der Waals surface area contributed by atoms with Gasteiger partial charge in [-0.25, -0.2) is 0 Å². The molecule has 0 nitrogen and oxygen atoms in total. The summed E-state index contributed by atoms with van der Waals surface area (Å²) >= 11 is 2.04. The van der Waals surface area contributed by atoms with Gasteiger partial charge in [-0.05, 0) is 76.9 Å². The van der Waals surface area contributed by atoms with E-state index in [9.17, 15) is 0 Å². The first-order valence-electron chi connectivity index (χ1n) is 13.3. The first kappa shape index (κ1) is 30.7. The molecule has 0 unspecified atom stereocenters. The summed E-state index contributed by atoms with van der Waals surface area (Å²) in [5, 5.41) is 0. The lowest BCUT2D eigenvalue weighted by atomic mass is 9.90. The fraction of sp³-hybridized carbons (Fsp3) is 0.257. The van der Waals surface area contributed by atoms with Crippen molar-refractivity contribution in [2.45, 2.75) is 59.3 Å². The summed E-state index contributed by atoms with van der Waals surface area (Å²) in [7, 11) is 0. The second kappa shape index (κ2) is 10.8. The first-order valence-corrected chi connectivity index (χ1v) is 15.0. The van der Waals surface area contributed by atoms with Gasteiger partial charge in [-0.1, -0.05) is 59.1 Å². The molecule has 5 rings (SSSR count). The van der Waals surface area contributed by atoms with Crippen LogP contribution in [0.15, 0.2) is 48.5 Å². The zero-order chi connectivity index (χ0) is 31.5. The Labute approximate surface area is 255 Å². The third-order valence-electron chi connectivity index (χ3n) is 7.56. The van der Waals surface area contributed by atoms with E-state index in [1.165, 1.54) is 27.7 Å². The van der Waals surface area contributed by atoms with Gasteiger partial charge >= 0.3 is 17.8 Å². The molecule has 0 saturated heterocycles. The van der Waals surface area contributed by atoms with Crippen LogP contribution >= 0.6 is 22.7 Å². The van der Waals surface area contributed by atoms with Crippen LogP contribution in [0, 0.1) is 65.2 Å². The third kappa shape index (κ3) is 5.01. The van der Waals surface area contributed by atoms with Crippen molar-refractivity contribution in [3.8, 4) is 23.7 Å². The summed E-state index contributed by atoms with van der Waals surface area (Å²) in [6, 6.07) is 14.7. The third-order valence-corrected chi connectivity index (χ3v) is 9.80. The minimum atomic E-state index is -5.65. The van der Waals surface area contributed by atoms with Gasteiger partial charge in [-0.15, -0.1) is 22.7 Å². The largest absolute Gasteiger partial charge is 0.380 e. The highest BCUT2D eigenvalue weighted by Gasteiger charge is 2.80. The number of allylic oxidation sites excluding steroid dienone is 2. The smallest absolute Gasteiger partial charge is 0.194 e. The van der Waals surface area contributed by atoms with E-state index < -0.39 is 28.9 Å². The Hall–Kier alpha value is -3.72. The highest BCUT2D eigenvalue weighted by atomic mass is 32.1. The molecule has 2 aromatic carbocycles. The van der Waals surface area contributed by atoms with Gasteiger partial charge < -0.3 is 0 Å².